The molecule has 4 N–H and O–H groups in total. The molecule has 0 saturated carbocycles. The van der Waals surface area contributed by atoms with Gasteiger partial charge in [0.2, 0.25) is 15.9 Å². The number of amides is 1. The van der Waals surface area contributed by atoms with Crippen LogP contribution in [0.2, 0.25) is 0 Å². The quantitative estimate of drug-likeness (QED) is 0.421. The number of carbonyl (C=O) groups excluding carboxylic acids is 1. The lowest BCUT2D eigenvalue weighted by atomic mass is 10.2. The van der Waals surface area contributed by atoms with Gasteiger partial charge in [-0.2, -0.15) is 0 Å². The van der Waals surface area contributed by atoms with Gasteiger partial charge in [0.25, 0.3) is 0 Å². The van der Waals surface area contributed by atoms with Gasteiger partial charge in [-0.25, -0.2) is 17.9 Å². The topological polar surface area (TPSA) is 127 Å². The van der Waals surface area contributed by atoms with Crippen molar-refractivity contribution in [2.75, 3.05) is 6.54 Å². The number of benzene rings is 1. The SMILES string of the molecule is NC(=O)CCCCNS(=O)(=O)c1ccc(I)c(C(=O)O)c1. The van der Waals surface area contributed by atoms with Crippen LogP contribution >= 0.6 is 22.6 Å². The summed E-state index contributed by atoms with van der Waals surface area (Å²) in [4.78, 5) is 21.4. The Bertz CT molecular complexity index is 645. The number of nitrogens with one attached hydrogen (secondary N) is 1. The summed E-state index contributed by atoms with van der Waals surface area (Å²) in [5.41, 5.74) is 4.91. The van der Waals surface area contributed by atoms with E-state index in [1.54, 1.807) is 0 Å². The number of primary amides is 1. The standard InChI is InChI=1S/C12H15IN2O5S/c13-10-5-4-8(7-9(10)12(17)18)21(19,20)15-6-2-1-3-11(14)16/h4-5,7,15H,1-3,6H2,(H2,14,16)(H,17,18). The van der Waals surface area contributed by atoms with E-state index in [-0.39, 0.29) is 23.4 Å². The molecule has 1 rings (SSSR count). The average Bonchev–Trinajstić information content (AvgIpc) is 2.37. The first-order chi connectivity index (χ1) is 9.74. The van der Waals surface area contributed by atoms with E-state index in [1.807, 2.05) is 22.6 Å². The molecular formula is C12H15IN2O5S. The zero-order valence-corrected chi connectivity index (χ0v) is 14.0. The molecule has 0 unspecified atom stereocenters. The zero-order chi connectivity index (χ0) is 16.0. The van der Waals surface area contributed by atoms with Crippen molar-refractivity contribution in [3.8, 4) is 0 Å². The van der Waals surface area contributed by atoms with Crippen LogP contribution in [0.15, 0.2) is 23.1 Å². The molecule has 21 heavy (non-hydrogen) atoms. The van der Waals surface area contributed by atoms with E-state index in [1.165, 1.54) is 12.1 Å². The van der Waals surface area contributed by atoms with Crippen LogP contribution in [-0.2, 0) is 14.8 Å². The number of sulfonamides is 1. The van der Waals surface area contributed by atoms with Crippen molar-refractivity contribution in [2.45, 2.75) is 24.2 Å². The van der Waals surface area contributed by atoms with Crippen molar-refractivity contribution in [3.63, 3.8) is 0 Å². The van der Waals surface area contributed by atoms with Crippen LogP contribution in [0.3, 0.4) is 0 Å². The van der Waals surface area contributed by atoms with Crippen molar-refractivity contribution in [1.29, 1.82) is 0 Å². The van der Waals surface area contributed by atoms with Gasteiger partial charge >= 0.3 is 5.97 Å². The summed E-state index contributed by atoms with van der Waals surface area (Å²) >= 11 is 1.83. The Kier molecular flexibility index (Phi) is 6.55. The van der Waals surface area contributed by atoms with Gasteiger partial charge < -0.3 is 10.8 Å². The van der Waals surface area contributed by atoms with Crippen LogP contribution < -0.4 is 10.5 Å². The Morgan fingerprint density at radius 1 is 1.29 bits per heavy atom. The second-order valence-electron chi connectivity index (χ2n) is 4.27. The van der Waals surface area contributed by atoms with Gasteiger partial charge in [-0.1, -0.05) is 0 Å². The van der Waals surface area contributed by atoms with Crippen LogP contribution in [0.25, 0.3) is 0 Å². The lowest BCUT2D eigenvalue weighted by Crippen LogP contribution is -2.25. The molecule has 0 aromatic heterocycles. The summed E-state index contributed by atoms with van der Waals surface area (Å²) in [6.07, 6.45) is 1.16. The number of unbranched alkanes of at least 4 members (excludes halogenated alkanes) is 1. The molecular weight excluding hydrogens is 411 g/mol. The number of rotatable bonds is 8. The molecule has 0 saturated heterocycles. The van der Waals surface area contributed by atoms with Gasteiger partial charge in [0.15, 0.2) is 0 Å². The molecule has 0 spiro atoms. The second kappa shape index (κ2) is 7.71. The minimum atomic E-state index is -3.77. The first-order valence-electron chi connectivity index (χ1n) is 6.05. The summed E-state index contributed by atoms with van der Waals surface area (Å²) < 4.78 is 26.9. The average molecular weight is 426 g/mol. The molecule has 7 nitrogen and oxygen atoms in total. The van der Waals surface area contributed by atoms with Crippen molar-refractivity contribution < 1.29 is 23.1 Å². The van der Waals surface area contributed by atoms with Crippen molar-refractivity contribution >= 4 is 44.5 Å². The lowest BCUT2D eigenvalue weighted by molar-refractivity contribution is -0.118. The lowest BCUT2D eigenvalue weighted by Gasteiger charge is -2.08. The van der Waals surface area contributed by atoms with Crippen molar-refractivity contribution in [3.05, 3.63) is 27.3 Å². The Morgan fingerprint density at radius 2 is 1.95 bits per heavy atom. The van der Waals surface area contributed by atoms with E-state index in [2.05, 4.69) is 4.72 Å². The highest BCUT2D eigenvalue weighted by molar-refractivity contribution is 14.1. The summed E-state index contributed by atoms with van der Waals surface area (Å²) in [6.45, 7) is 0.157. The molecule has 0 aliphatic rings. The van der Waals surface area contributed by atoms with Gasteiger partial charge in [-0.3, -0.25) is 4.79 Å². The molecule has 1 aromatic rings. The number of hydrogen-bond acceptors (Lipinski definition) is 4. The number of carboxylic acid groups (broad SMARTS) is 1. The fraction of sp³-hybridized carbons (Fsp3) is 0.333. The number of carboxylic acids is 1. The minimum absolute atomic E-state index is 0.0628. The van der Waals surface area contributed by atoms with E-state index in [9.17, 15) is 18.0 Å². The van der Waals surface area contributed by atoms with Gasteiger partial charge in [-0.05, 0) is 53.6 Å². The molecule has 0 heterocycles. The fourth-order valence-electron chi connectivity index (χ4n) is 1.55. The first-order valence-corrected chi connectivity index (χ1v) is 8.61. The van der Waals surface area contributed by atoms with Gasteiger partial charge in [0.1, 0.15) is 0 Å². The molecule has 9 heteroatoms. The van der Waals surface area contributed by atoms with E-state index in [0.29, 0.717) is 16.4 Å². The van der Waals surface area contributed by atoms with Gasteiger partial charge in [-0.15, -0.1) is 0 Å². The predicted molar refractivity (Wildman–Crippen MR) is 84.4 cm³/mol. The number of aromatic carboxylic acids is 1. The number of hydrogen-bond donors (Lipinski definition) is 3. The second-order valence-corrected chi connectivity index (χ2v) is 7.20. The molecule has 1 amide bonds. The summed E-state index contributed by atoms with van der Waals surface area (Å²) in [5, 5.41) is 8.99. The van der Waals surface area contributed by atoms with Crippen LogP contribution in [0, 0.1) is 3.57 Å². The third-order valence-electron chi connectivity index (χ3n) is 2.62. The third-order valence-corrected chi connectivity index (χ3v) is 5.02. The van der Waals surface area contributed by atoms with Gasteiger partial charge in [0, 0.05) is 16.5 Å². The van der Waals surface area contributed by atoms with Crippen LogP contribution in [-0.4, -0.2) is 31.9 Å². The van der Waals surface area contributed by atoms with E-state index in [4.69, 9.17) is 10.8 Å². The largest absolute Gasteiger partial charge is 0.478 e. The zero-order valence-electron chi connectivity index (χ0n) is 11.0. The van der Waals surface area contributed by atoms with E-state index >= 15 is 0 Å². The molecule has 1 aromatic carbocycles. The minimum Gasteiger partial charge on any atom is -0.478 e. The van der Waals surface area contributed by atoms with E-state index < -0.39 is 21.9 Å². The van der Waals surface area contributed by atoms with Crippen LogP contribution in [0.4, 0.5) is 0 Å². The maximum atomic E-state index is 12.0. The number of halogens is 1. The molecule has 0 fully saturated rings. The highest BCUT2D eigenvalue weighted by Gasteiger charge is 2.17. The summed E-state index contributed by atoms with van der Waals surface area (Å²) in [7, 11) is -3.77. The Hall–Kier alpha value is -1.20. The van der Waals surface area contributed by atoms with Crippen LogP contribution in [0.1, 0.15) is 29.6 Å². The van der Waals surface area contributed by atoms with Crippen molar-refractivity contribution in [1.82, 2.24) is 4.72 Å². The molecule has 0 radical (unpaired) electrons. The normalized spacial score (nSPS) is 11.3. The highest BCUT2D eigenvalue weighted by atomic mass is 127. The Morgan fingerprint density at radius 3 is 2.52 bits per heavy atom. The maximum Gasteiger partial charge on any atom is 0.336 e. The predicted octanol–water partition coefficient (Wildman–Crippen LogP) is 0.923. The summed E-state index contributed by atoms with van der Waals surface area (Å²) in [5.74, 6) is -1.61. The molecule has 0 aliphatic heterocycles. The first kappa shape index (κ1) is 17.9. The third kappa shape index (κ3) is 5.59. The Labute approximate surface area is 136 Å². The monoisotopic (exact) mass is 426 g/mol. The number of nitrogens with two attached hydrogens (primary N) is 1. The fourth-order valence-corrected chi connectivity index (χ4v) is 3.22. The highest BCUT2D eigenvalue weighted by Crippen LogP contribution is 2.18. The molecule has 0 aliphatic carbocycles. The maximum absolute atomic E-state index is 12.0. The molecule has 0 atom stereocenters. The molecule has 0 bridgehead atoms. The van der Waals surface area contributed by atoms with Crippen molar-refractivity contribution in [2.24, 2.45) is 5.73 Å². The Balaban J connectivity index is 2.72. The van der Waals surface area contributed by atoms with E-state index in [0.717, 1.165) is 6.07 Å². The van der Waals surface area contributed by atoms with Crippen LogP contribution in [0.5, 0.6) is 0 Å². The summed E-state index contributed by atoms with van der Waals surface area (Å²) in [6, 6.07) is 3.90. The smallest absolute Gasteiger partial charge is 0.336 e. The number of carbonyl (C=O) groups is 2. The molecule has 116 valence electrons. The van der Waals surface area contributed by atoms with Gasteiger partial charge in [0.05, 0.1) is 10.5 Å².